The summed E-state index contributed by atoms with van der Waals surface area (Å²) in [5, 5.41) is 0. The van der Waals surface area contributed by atoms with Gasteiger partial charge in [-0.2, -0.15) is 0 Å². The Balaban J connectivity index is 0.00000167. The molecule has 0 radical (unpaired) electrons. The molecule has 35 heavy (non-hydrogen) atoms. The van der Waals surface area contributed by atoms with Gasteiger partial charge < -0.3 is 0 Å². The summed E-state index contributed by atoms with van der Waals surface area (Å²) in [7, 11) is 0. The predicted molar refractivity (Wildman–Crippen MR) is 156 cm³/mol. The van der Waals surface area contributed by atoms with Gasteiger partial charge >= 0.3 is 0 Å². The Hall–Kier alpha value is -0.780. The molecule has 2 fully saturated rings. The molecule has 0 aromatic heterocycles. The highest BCUT2D eigenvalue weighted by molar-refractivity contribution is 5.49. The monoisotopic (exact) mass is 480 g/mol. The van der Waals surface area contributed by atoms with E-state index >= 15 is 0 Å². The minimum Gasteiger partial charge on any atom is -0.0683 e. The molecule has 1 aromatic carbocycles. The van der Waals surface area contributed by atoms with Crippen molar-refractivity contribution in [1.82, 2.24) is 0 Å². The van der Waals surface area contributed by atoms with Gasteiger partial charge in [-0.05, 0) is 97.7 Å². The van der Waals surface area contributed by atoms with Gasteiger partial charge in [-0.3, -0.25) is 0 Å². The number of hydrogen-bond donors (Lipinski definition) is 0. The van der Waals surface area contributed by atoms with Gasteiger partial charge in [0.15, 0.2) is 0 Å². The van der Waals surface area contributed by atoms with Gasteiger partial charge in [0.05, 0.1) is 0 Å². The van der Waals surface area contributed by atoms with Crippen molar-refractivity contribution in [3.63, 3.8) is 0 Å². The van der Waals surface area contributed by atoms with Crippen LogP contribution in [0.2, 0.25) is 0 Å². The van der Waals surface area contributed by atoms with E-state index in [0.29, 0.717) is 23.7 Å². The van der Waals surface area contributed by atoms with Crippen molar-refractivity contribution in [2.45, 2.75) is 136 Å². The maximum Gasteiger partial charge on any atom is -0.00465 e. The summed E-state index contributed by atoms with van der Waals surface area (Å²) in [6.07, 6.45) is 0. The van der Waals surface area contributed by atoms with E-state index in [1.807, 2.05) is 13.8 Å². The second-order valence-corrected chi connectivity index (χ2v) is 16.1. The number of rotatable bonds is 0. The molecule has 0 heteroatoms. The highest BCUT2D eigenvalue weighted by atomic mass is 14.8. The molecule has 5 atom stereocenters. The molecule has 3 unspecified atom stereocenters. The first-order chi connectivity index (χ1) is 15.6. The molecule has 2 saturated carbocycles. The molecule has 0 spiro atoms. The van der Waals surface area contributed by atoms with Gasteiger partial charge in [0.1, 0.15) is 0 Å². The van der Waals surface area contributed by atoms with Crippen LogP contribution in [0.1, 0.15) is 139 Å². The highest BCUT2D eigenvalue weighted by Crippen LogP contribution is 2.84. The van der Waals surface area contributed by atoms with Crippen molar-refractivity contribution >= 4 is 0 Å². The quantitative estimate of drug-likeness (QED) is 0.346. The normalized spacial score (nSPS) is 38.3. The molecule has 1 aromatic rings. The topological polar surface area (TPSA) is 0 Å². The van der Waals surface area contributed by atoms with E-state index < -0.39 is 0 Å². The lowest BCUT2D eigenvalue weighted by atomic mass is 9.33. The molecule has 3 aliphatic rings. The van der Waals surface area contributed by atoms with Gasteiger partial charge in [-0.15, -0.1) is 0 Å². The van der Waals surface area contributed by atoms with Gasteiger partial charge in [0, 0.05) is 0 Å². The van der Waals surface area contributed by atoms with E-state index in [4.69, 9.17) is 0 Å². The lowest BCUT2D eigenvalue weighted by molar-refractivity contribution is -0.182. The number of aryl methyl sites for hydroxylation is 2. The second kappa shape index (κ2) is 7.63. The molecule has 0 nitrogen and oxygen atoms in total. The fraction of sp³-hybridized carbons (Fsp3) is 0.829. The van der Waals surface area contributed by atoms with Gasteiger partial charge in [0.2, 0.25) is 0 Å². The Bertz CT molecular complexity index is 995. The third-order valence-corrected chi connectivity index (χ3v) is 14.6. The van der Waals surface area contributed by atoms with Crippen LogP contribution in [0.25, 0.3) is 0 Å². The lowest BCUT2D eigenvalue weighted by Gasteiger charge is -2.71. The maximum absolute atomic E-state index is 2.70. The van der Waals surface area contributed by atoms with E-state index in [2.05, 4.69) is 123 Å². The maximum atomic E-state index is 2.70. The molecule has 0 heterocycles. The predicted octanol–water partition coefficient (Wildman–Crippen LogP) is 10.7. The standard InChI is InChI=1S/C33H54.C2H6/c1-19-17-22-23(18-20(19)2)28(6,7)29(8,9)25-24(22)27(4,5)21(3)33(16)26(25)30(10,11)31(12,13)32(33,14)15;1-2/h17-18,21,24-26H,1-16H3;1-2H3/t21?,24?,25-,26?,33+;/m1./s1. The van der Waals surface area contributed by atoms with Crippen LogP contribution < -0.4 is 0 Å². The van der Waals surface area contributed by atoms with Crippen LogP contribution in [0.4, 0.5) is 0 Å². The van der Waals surface area contributed by atoms with Gasteiger partial charge in [0.25, 0.3) is 0 Å². The Kier molecular flexibility index (Phi) is 6.28. The van der Waals surface area contributed by atoms with Gasteiger partial charge in [-0.1, -0.05) is 123 Å². The number of fused-ring (bicyclic) bond motifs is 5. The molecule has 0 bridgehead atoms. The molecular weight excluding hydrogens is 420 g/mol. The Labute approximate surface area is 220 Å². The zero-order valence-electron chi connectivity index (χ0n) is 27.0. The number of benzene rings is 1. The minimum atomic E-state index is 0.131. The lowest BCUT2D eigenvalue weighted by Crippen LogP contribution is -2.65. The summed E-state index contributed by atoms with van der Waals surface area (Å²) >= 11 is 0. The number of hydrogen-bond acceptors (Lipinski definition) is 0. The van der Waals surface area contributed by atoms with Crippen molar-refractivity contribution < 1.29 is 0 Å². The highest BCUT2D eigenvalue weighted by Gasteiger charge is 2.79. The molecule has 4 rings (SSSR count). The van der Waals surface area contributed by atoms with Crippen molar-refractivity contribution in [2.24, 2.45) is 50.2 Å². The summed E-state index contributed by atoms with van der Waals surface area (Å²) in [5.41, 5.74) is 7.79. The zero-order chi connectivity index (χ0) is 27.5. The fourth-order valence-electron chi connectivity index (χ4n) is 10.2. The van der Waals surface area contributed by atoms with Crippen molar-refractivity contribution in [1.29, 1.82) is 0 Å². The minimum absolute atomic E-state index is 0.131. The molecule has 0 aliphatic heterocycles. The van der Waals surface area contributed by atoms with Crippen LogP contribution in [0, 0.1) is 64.1 Å². The molecule has 200 valence electrons. The molecule has 0 N–H and O–H groups in total. The summed E-state index contributed by atoms with van der Waals surface area (Å²) in [4.78, 5) is 0. The van der Waals surface area contributed by atoms with E-state index in [9.17, 15) is 0 Å². The Morgan fingerprint density at radius 2 is 1.09 bits per heavy atom. The van der Waals surface area contributed by atoms with Gasteiger partial charge in [-0.25, -0.2) is 0 Å². The first-order valence-corrected chi connectivity index (χ1v) is 14.7. The zero-order valence-corrected chi connectivity index (χ0v) is 27.0. The summed E-state index contributed by atoms with van der Waals surface area (Å²) in [5.74, 6) is 2.55. The van der Waals surface area contributed by atoms with Crippen LogP contribution in [0.15, 0.2) is 12.1 Å². The van der Waals surface area contributed by atoms with Crippen LogP contribution in [-0.2, 0) is 5.41 Å². The van der Waals surface area contributed by atoms with E-state index in [1.165, 1.54) is 11.1 Å². The summed E-state index contributed by atoms with van der Waals surface area (Å²) in [6, 6.07) is 5.17. The summed E-state index contributed by atoms with van der Waals surface area (Å²) in [6.45, 7) is 45.2. The van der Waals surface area contributed by atoms with Crippen LogP contribution in [0.5, 0.6) is 0 Å². The van der Waals surface area contributed by atoms with Crippen molar-refractivity contribution in [3.8, 4) is 0 Å². The fourth-order valence-corrected chi connectivity index (χ4v) is 10.2. The third-order valence-electron chi connectivity index (χ3n) is 14.6. The summed E-state index contributed by atoms with van der Waals surface area (Å²) < 4.78 is 0. The average Bonchev–Trinajstić information content (AvgIpc) is 2.80. The average molecular weight is 481 g/mol. The van der Waals surface area contributed by atoms with E-state index in [-0.39, 0.29) is 37.9 Å². The molecule has 3 aliphatic carbocycles. The van der Waals surface area contributed by atoms with Crippen LogP contribution in [-0.4, -0.2) is 0 Å². The third kappa shape index (κ3) is 2.92. The van der Waals surface area contributed by atoms with Crippen LogP contribution >= 0.6 is 0 Å². The van der Waals surface area contributed by atoms with Crippen molar-refractivity contribution in [3.05, 3.63) is 34.4 Å². The second-order valence-electron chi connectivity index (χ2n) is 16.1. The first kappa shape index (κ1) is 28.8. The molecule has 0 amide bonds. The molecule has 0 saturated heterocycles. The Morgan fingerprint density at radius 3 is 1.57 bits per heavy atom. The largest absolute Gasteiger partial charge is 0.0683 e. The molecular formula is C35H60. The first-order valence-electron chi connectivity index (χ1n) is 14.7. The van der Waals surface area contributed by atoms with E-state index in [1.54, 1.807) is 11.1 Å². The SMILES string of the molecule is CC.Cc1cc2c(cc1C)C(C)(C)C(C)(C)[C@@H]1C2C(C)(C)C(C)[C@@]2(C)C1C(C)(C)C(C)(C)C2(C)C. The van der Waals surface area contributed by atoms with Crippen LogP contribution in [0.3, 0.4) is 0 Å². The smallest absolute Gasteiger partial charge is 0.00465 e. The van der Waals surface area contributed by atoms with Crippen molar-refractivity contribution in [2.75, 3.05) is 0 Å². The Morgan fingerprint density at radius 1 is 0.629 bits per heavy atom. The van der Waals surface area contributed by atoms with E-state index in [0.717, 1.165) is 0 Å².